The molecule has 0 unspecified atom stereocenters. The van der Waals surface area contributed by atoms with Crippen LogP contribution < -0.4 is 0 Å². The summed E-state index contributed by atoms with van der Waals surface area (Å²) in [6.45, 7) is 13.0. The Morgan fingerprint density at radius 2 is 1.73 bits per heavy atom. The van der Waals surface area contributed by atoms with Gasteiger partial charge in [-0.1, -0.05) is 56.3 Å². The number of carboxylic acid groups (broad SMARTS) is 1. The molecule has 6 heteroatoms. The zero-order chi connectivity index (χ0) is 23.8. The van der Waals surface area contributed by atoms with Crippen LogP contribution in [0.15, 0.2) is 47.0 Å². The van der Waals surface area contributed by atoms with Gasteiger partial charge >= 0.3 is 5.97 Å². The lowest BCUT2D eigenvalue weighted by Gasteiger charge is -2.36. The first-order chi connectivity index (χ1) is 15.5. The van der Waals surface area contributed by atoms with E-state index in [9.17, 15) is 9.90 Å². The number of aromatic nitrogens is 2. The van der Waals surface area contributed by atoms with Gasteiger partial charge in [0.2, 0.25) is 5.82 Å². The normalized spacial score (nSPS) is 16.6. The van der Waals surface area contributed by atoms with Gasteiger partial charge in [0.25, 0.3) is 5.89 Å². The molecule has 2 heterocycles. The van der Waals surface area contributed by atoms with Gasteiger partial charge in [0.1, 0.15) is 0 Å². The summed E-state index contributed by atoms with van der Waals surface area (Å²) < 4.78 is 5.56. The zero-order valence-corrected chi connectivity index (χ0v) is 20.2. The first kappa shape index (κ1) is 23.2. The number of likely N-dealkylation sites (tertiary alicyclic amines) is 1. The third-order valence-corrected chi connectivity index (χ3v) is 6.80. The van der Waals surface area contributed by atoms with Gasteiger partial charge in [-0.25, -0.2) is 0 Å². The van der Waals surface area contributed by atoms with Gasteiger partial charge in [0.15, 0.2) is 0 Å². The Hall–Kier alpha value is -2.99. The van der Waals surface area contributed by atoms with E-state index in [0.29, 0.717) is 24.6 Å². The van der Waals surface area contributed by atoms with Gasteiger partial charge < -0.3 is 9.63 Å². The van der Waals surface area contributed by atoms with Crippen LogP contribution in [0.5, 0.6) is 0 Å². The van der Waals surface area contributed by atoms with Crippen LogP contribution >= 0.6 is 0 Å². The minimum absolute atomic E-state index is 0.0917. The number of aryl methyl sites for hydroxylation is 1. The summed E-state index contributed by atoms with van der Waals surface area (Å²) in [7, 11) is 0. The van der Waals surface area contributed by atoms with Crippen LogP contribution in [0.3, 0.4) is 0 Å². The van der Waals surface area contributed by atoms with Gasteiger partial charge in [0.05, 0.1) is 5.41 Å². The fraction of sp³-hybridized carbons (Fsp3) is 0.444. The van der Waals surface area contributed by atoms with Crippen molar-refractivity contribution in [2.45, 2.75) is 59.4 Å². The van der Waals surface area contributed by atoms with Crippen molar-refractivity contribution >= 4 is 5.97 Å². The molecule has 1 aromatic heterocycles. The van der Waals surface area contributed by atoms with Gasteiger partial charge in [-0.2, -0.15) is 4.98 Å². The molecule has 2 aromatic carbocycles. The highest BCUT2D eigenvalue weighted by Gasteiger charge is 2.36. The molecule has 6 nitrogen and oxygen atoms in total. The lowest BCUT2D eigenvalue weighted by molar-refractivity contribution is -0.150. The lowest BCUT2D eigenvalue weighted by Crippen LogP contribution is -2.42. The van der Waals surface area contributed by atoms with Crippen LogP contribution in [0.4, 0.5) is 0 Å². The molecule has 3 aromatic rings. The third kappa shape index (κ3) is 5.01. The quantitative estimate of drug-likeness (QED) is 0.541. The molecule has 0 bridgehead atoms. The van der Waals surface area contributed by atoms with Crippen molar-refractivity contribution in [3.8, 4) is 22.8 Å². The van der Waals surface area contributed by atoms with Crippen LogP contribution in [0.1, 0.15) is 57.2 Å². The molecule has 1 saturated heterocycles. The van der Waals surface area contributed by atoms with Crippen molar-refractivity contribution in [1.29, 1.82) is 0 Å². The molecule has 174 valence electrons. The van der Waals surface area contributed by atoms with Crippen LogP contribution in [0, 0.1) is 12.3 Å². The molecular formula is C27H33N3O3. The van der Waals surface area contributed by atoms with E-state index in [1.54, 1.807) is 0 Å². The van der Waals surface area contributed by atoms with Crippen LogP contribution in [0.25, 0.3) is 22.8 Å². The molecule has 0 radical (unpaired) electrons. The van der Waals surface area contributed by atoms with E-state index in [-0.39, 0.29) is 5.41 Å². The minimum atomic E-state index is -0.689. The van der Waals surface area contributed by atoms with Crippen molar-refractivity contribution in [1.82, 2.24) is 15.0 Å². The Morgan fingerprint density at radius 1 is 1.09 bits per heavy atom. The third-order valence-electron chi connectivity index (χ3n) is 6.80. The number of rotatable bonds is 5. The van der Waals surface area contributed by atoms with E-state index in [1.165, 1.54) is 16.7 Å². The second-order valence-corrected chi connectivity index (χ2v) is 10.5. The number of aliphatic carboxylic acids is 1. The predicted octanol–water partition coefficient (Wildman–Crippen LogP) is 5.70. The maximum absolute atomic E-state index is 11.4. The van der Waals surface area contributed by atoms with E-state index in [2.05, 4.69) is 67.0 Å². The summed E-state index contributed by atoms with van der Waals surface area (Å²) in [5.74, 6) is 0.406. The highest BCUT2D eigenvalue weighted by atomic mass is 16.5. The number of nitrogens with zero attached hydrogens (tertiary/aromatic N) is 3. The number of carboxylic acids is 1. The summed E-state index contributed by atoms with van der Waals surface area (Å²) in [4.78, 5) is 18.4. The molecule has 0 atom stereocenters. The van der Waals surface area contributed by atoms with Crippen molar-refractivity contribution in [3.63, 3.8) is 0 Å². The Morgan fingerprint density at radius 3 is 2.30 bits per heavy atom. The Balaban J connectivity index is 1.42. The first-order valence-electron chi connectivity index (χ1n) is 11.6. The van der Waals surface area contributed by atoms with E-state index in [0.717, 1.165) is 30.8 Å². The molecule has 1 aliphatic rings. The molecule has 0 spiro atoms. The summed E-state index contributed by atoms with van der Waals surface area (Å²) in [6.07, 6.45) is 1.37. The number of carbonyl (C=O) groups is 1. The maximum atomic E-state index is 11.4. The molecule has 4 rings (SSSR count). The standard InChI is InChI=1S/C27H33N3O3/c1-18-16-21(10-11-22(18)26(2,3)4)24-28-23(29-33-24)20-8-6-19(7-9-20)17-30-14-12-27(5,13-15-30)25(31)32/h6-11,16H,12-15,17H2,1-5H3,(H,31,32). The fourth-order valence-electron chi connectivity index (χ4n) is 4.53. The van der Waals surface area contributed by atoms with Crippen molar-refractivity contribution in [2.24, 2.45) is 5.41 Å². The Labute approximate surface area is 195 Å². The first-order valence-corrected chi connectivity index (χ1v) is 11.6. The fourth-order valence-corrected chi connectivity index (χ4v) is 4.53. The monoisotopic (exact) mass is 447 g/mol. The Kier molecular flexibility index (Phi) is 6.14. The molecule has 33 heavy (non-hydrogen) atoms. The second-order valence-electron chi connectivity index (χ2n) is 10.5. The molecular weight excluding hydrogens is 414 g/mol. The van der Waals surface area contributed by atoms with Crippen LogP contribution in [0.2, 0.25) is 0 Å². The highest BCUT2D eigenvalue weighted by molar-refractivity contribution is 5.74. The van der Waals surface area contributed by atoms with E-state index < -0.39 is 11.4 Å². The van der Waals surface area contributed by atoms with Crippen molar-refractivity contribution in [2.75, 3.05) is 13.1 Å². The minimum Gasteiger partial charge on any atom is -0.481 e. The van der Waals surface area contributed by atoms with E-state index in [1.807, 2.05) is 25.1 Å². The maximum Gasteiger partial charge on any atom is 0.309 e. The number of benzene rings is 2. The Bertz CT molecular complexity index is 1130. The summed E-state index contributed by atoms with van der Waals surface area (Å²) >= 11 is 0. The topological polar surface area (TPSA) is 79.5 Å². The molecule has 0 saturated carbocycles. The lowest BCUT2D eigenvalue weighted by atomic mass is 9.80. The van der Waals surface area contributed by atoms with Crippen LogP contribution in [-0.2, 0) is 16.8 Å². The molecule has 0 aliphatic carbocycles. The molecule has 1 fully saturated rings. The SMILES string of the molecule is Cc1cc(-c2nc(-c3ccc(CN4CCC(C)(C(=O)O)CC4)cc3)no2)ccc1C(C)(C)C. The van der Waals surface area contributed by atoms with Crippen molar-refractivity contribution < 1.29 is 14.4 Å². The predicted molar refractivity (Wildman–Crippen MR) is 129 cm³/mol. The number of hydrogen-bond acceptors (Lipinski definition) is 5. The smallest absolute Gasteiger partial charge is 0.309 e. The highest BCUT2D eigenvalue weighted by Crippen LogP contribution is 2.32. The number of hydrogen-bond donors (Lipinski definition) is 1. The molecule has 0 amide bonds. The largest absolute Gasteiger partial charge is 0.481 e. The zero-order valence-electron chi connectivity index (χ0n) is 20.2. The molecule has 1 N–H and O–H groups in total. The van der Waals surface area contributed by atoms with Gasteiger partial charge in [0, 0.05) is 17.7 Å². The average molecular weight is 448 g/mol. The number of piperidine rings is 1. The molecule has 1 aliphatic heterocycles. The van der Waals surface area contributed by atoms with Crippen molar-refractivity contribution in [3.05, 3.63) is 59.2 Å². The van der Waals surface area contributed by atoms with E-state index >= 15 is 0 Å². The van der Waals surface area contributed by atoms with Gasteiger partial charge in [-0.05, 0) is 74.0 Å². The van der Waals surface area contributed by atoms with E-state index in [4.69, 9.17) is 4.52 Å². The second kappa shape index (κ2) is 8.75. The summed E-state index contributed by atoms with van der Waals surface area (Å²) in [5.41, 5.74) is 5.04. The van der Waals surface area contributed by atoms with Crippen LogP contribution in [-0.4, -0.2) is 39.2 Å². The summed E-state index contributed by atoms with van der Waals surface area (Å²) in [5, 5.41) is 13.6. The van der Waals surface area contributed by atoms with Gasteiger partial charge in [-0.15, -0.1) is 0 Å². The van der Waals surface area contributed by atoms with Gasteiger partial charge in [-0.3, -0.25) is 9.69 Å². The summed E-state index contributed by atoms with van der Waals surface area (Å²) in [6, 6.07) is 14.5. The average Bonchev–Trinajstić information content (AvgIpc) is 3.25.